The molecule has 0 amide bonds. The summed E-state index contributed by atoms with van der Waals surface area (Å²) in [5, 5.41) is 11.3. The molecule has 4 aliphatic rings. The molecular weight excluding hydrogens is 454 g/mol. The highest BCUT2D eigenvalue weighted by atomic mass is 19.1. The van der Waals surface area contributed by atoms with Gasteiger partial charge in [0, 0.05) is 23.7 Å². The van der Waals surface area contributed by atoms with Crippen molar-refractivity contribution in [1.29, 1.82) is 0 Å². The number of hydrogen-bond acceptors (Lipinski definition) is 5. The fraction of sp³-hybridized carbons (Fsp3) is 0.750. The zero-order chi connectivity index (χ0) is 25.8. The summed E-state index contributed by atoms with van der Waals surface area (Å²) >= 11 is 0. The number of hydrogen-bond donors (Lipinski definition) is 1. The van der Waals surface area contributed by atoms with Crippen LogP contribution < -0.4 is 0 Å². The number of carbonyl (C=O) groups excluding carboxylic acids is 3. The quantitative estimate of drug-likeness (QED) is 0.406. The Morgan fingerprint density at radius 2 is 1.91 bits per heavy atom. The predicted molar refractivity (Wildman–Crippen MR) is 127 cm³/mol. The Balaban J connectivity index is 1.59. The van der Waals surface area contributed by atoms with E-state index in [2.05, 4.69) is 0 Å². The minimum atomic E-state index is -2.15. The van der Waals surface area contributed by atoms with Crippen LogP contribution in [0.3, 0.4) is 0 Å². The van der Waals surface area contributed by atoms with Gasteiger partial charge in [-0.1, -0.05) is 39.7 Å². The summed E-state index contributed by atoms with van der Waals surface area (Å²) in [5.41, 5.74) is -4.22. The fourth-order valence-corrected chi connectivity index (χ4v) is 8.09. The normalized spacial score (nSPS) is 44.2. The van der Waals surface area contributed by atoms with Crippen LogP contribution in [-0.4, -0.2) is 47.2 Å². The van der Waals surface area contributed by atoms with Gasteiger partial charge in [0.15, 0.2) is 17.2 Å². The molecule has 0 radical (unpaired) electrons. The van der Waals surface area contributed by atoms with Gasteiger partial charge in [-0.15, -0.1) is 0 Å². The van der Waals surface area contributed by atoms with E-state index in [1.54, 1.807) is 6.92 Å². The van der Waals surface area contributed by atoms with Gasteiger partial charge in [0.2, 0.25) is 0 Å². The third-order valence-electron chi connectivity index (χ3n) is 9.68. The second-order valence-corrected chi connectivity index (χ2v) is 11.7. The number of rotatable bonds is 7. The van der Waals surface area contributed by atoms with Crippen LogP contribution in [-0.2, 0) is 19.1 Å². The molecule has 194 valence electrons. The average Bonchev–Trinajstić information content (AvgIpc) is 3.05. The smallest absolute Gasteiger partial charge is 0.306 e. The molecule has 0 bridgehead atoms. The van der Waals surface area contributed by atoms with Crippen molar-refractivity contribution >= 4 is 17.5 Å². The zero-order valence-electron chi connectivity index (χ0n) is 21.2. The number of alkyl halides is 2. The highest BCUT2D eigenvalue weighted by Crippen LogP contribution is 2.70. The van der Waals surface area contributed by atoms with Gasteiger partial charge >= 0.3 is 5.97 Å². The lowest BCUT2D eigenvalue weighted by molar-refractivity contribution is -0.202. The van der Waals surface area contributed by atoms with Gasteiger partial charge in [-0.2, -0.15) is 0 Å². The van der Waals surface area contributed by atoms with E-state index in [9.17, 15) is 19.5 Å². The Hall–Kier alpha value is -1.89. The molecule has 4 aliphatic carbocycles. The Bertz CT molecular complexity index is 959. The van der Waals surface area contributed by atoms with Crippen molar-refractivity contribution in [3.63, 3.8) is 0 Å². The summed E-state index contributed by atoms with van der Waals surface area (Å²) in [7, 11) is 0. The number of aliphatic hydroxyl groups excluding tert-OH is 1. The molecule has 5 nitrogen and oxygen atoms in total. The van der Waals surface area contributed by atoms with E-state index in [4.69, 9.17) is 4.74 Å². The van der Waals surface area contributed by atoms with Gasteiger partial charge in [0.25, 0.3) is 0 Å². The number of unbranched alkanes of at least 4 members (excludes halogenated alkanes) is 2. The van der Waals surface area contributed by atoms with Crippen molar-refractivity contribution in [2.75, 3.05) is 6.61 Å². The SMILES string of the molecule is CCCCCC(=O)OCC(=O)[C@H]1[C@H](C)C[C@H]2[C@@H]3C[C@H](F)C4=CC(=O)C=C[C@]4(C)C3(F)[C@@H](O)C[C@@]21C. The first-order valence-electron chi connectivity index (χ1n) is 13.0. The molecule has 0 aromatic rings. The van der Waals surface area contributed by atoms with Crippen molar-refractivity contribution in [1.82, 2.24) is 0 Å². The van der Waals surface area contributed by atoms with Crippen molar-refractivity contribution in [2.45, 2.75) is 90.6 Å². The lowest BCUT2D eigenvalue weighted by atomic mass is 9.45. The minimum Gasteiger partial charge on any atom is -0.458 e. The molecule has 35 heavy (non-hydrogen) atoms. The van der Waals surface area contributed by atoms with E-state index in [0.717, 1.165) is 19.3 Å². The van der Waals surface area contributed by atoms with Crippen molar-refractivity contribution in [2.24, 2.45) is 34.5 Å². The summed E-state index contributed by atoms with van der Waals surface area (Å²) in [6.45, 7) is 7.12. The van der Waals surface area contributed by atoms with Crippen molar-refractivity contribution < 1.29 is 33.0 Å². The van der Waals surface area contributed by atoms with Gasteiger partial charge in [0.05, 0.1) is 6.10 Å². The van der Waals surface area contributed by atoms with Crippen LogP contribution in [0.1, 0.15) is 72.6 Å². The van der Waals surface area contributed by atoms with Crippen LogP contribution in [0.5, 0.6) is 0 Å². The van der Waals surface area contributed by atoms with Gasteiger partial charge < -0.3 is 9.84 Å². The van der Waals surface area contributed by atoms with Crippen molar-refractivity contribution in [3.8, 4) is 0 Å². The minimum absolute atomic E-state index is 0.0530. The molecule has 0 aliphatic heterocycles. The second kappa shape index (κ2) is 9.20. The van der Waals surface area contributed by atoms with Crippen LogP contribution in [0.2, 0.25) is 0 Å². The first-order chi connectivity index (χ1) is 16.4. The largest absolute Gasteiger partial charge is 0.458 e. The molecule has 1 N–H and O–H groups in total. The summed E-state index contributed by atoms with van der Waals surface area (Å²) in [5.74, 6) is -2.73. The molecule has 0 spiro atoms. The number of carbonyl (C=O) groups is 3. The Morgan fingerprint density at radius 3 is 2.60 bits per heavy atom. The molecule has 1 unspecified atom stereocenters. The lowest BCUT2D eigenvalue weighted by Gasteiger charge is -2.62. The molecule has 4 rings (SSSR count). The zero-order valence-corrected chi connectivity index (χ0v) is 21.2. The Labute approximate surface area is 206 Å². The Kier molecular flexibility index (Phi) is 6.88. The van der Waals surface area contributed by atoms with E-state index in [1.165, 1.54) is 18.2 Å². The molecule has 0 saturated heterocycles. The number of esters is 1. The van der Waals surface area contributed by atoms with Gasteiger partial charge in [-0.05, 0) is 67.6 Å². The second-order valence-electron chi connectivity index (χ2n) is 11.7. The monoisotopic (exact) mass is 492 g/mol. The van der Waals surface area contributed by atoms with Crippen LogP contribution >= 0.6 is 0 Å². The number of allylic oxidation sites excluding steroid dienone is 4. The van der Waals surface area contributed by atoms with Gasteiger partial charge in [0.1, 0.15) is 12.8 Å². The van der Waals surface area contributed by atoms with Crippen LogP contribution in [0.15, 0.2) is 23.8 Å². The van der Waals surface area contributed by atoms with Crippen LogP contribution in [0, 0.1) is 34.5 Å². The van der Waals surface area contributed by atoms with E-state index >= 15 is 8.78 Å². The molecule has 0 aromatic heterocycles. The Morgan fingerprint density at radius 1 is 1.20 bits per heavy atom. The van der Waals surface area contributed by atoms with Crippen LogP contribution in [0.25, 0.3) is 0 Å². The molecule has 0 aromatic carbocycles. The number of halogens is 2. The first-order valence-corrected chi connectivity index (χ1v) is 13.0. The predicted octanol–water partition coefficient (Wildman–Crippen LogP) is 4.86. The fourth-order valence-electron chi connectivity index (χ4n) is 8.09. The van der Waals surface area contributed by atoms with Gasteiger partial charge in [-0.3, -0.25) is 14.4 Å². The summed E-state index contributed by atoms with van der Waals surface area (Å²) in [6, 6.07) is 0. The molecule has 3 saturated carbocycles. The average molecular weight is 493 g/mol. The third-order valence-corrected chi connectivity index (χ3v) is 9.68. The number of Topliss-reactive ketones (excluding diaryl/α,β-unsaturated/α-hetero) is 1. The van der Waals surface area contributed by atoms with Crippen molar-refractivity contribution in [3.05, 3.63) is 23.8 Å². The maximum atomic E-state index is 17.1. The standard InChI is InChI=1S/C28H38F2O5/c1-5-6-7-8-24(34)35-15-22(32)25-16(2)11-18-19-13-21(29)20-12-17(31)9-10-27(20,4)28(19,30)23(33)14-26(18,25)3/h9-10,12,16,18-19,21,23,25,33H,5-8,11,13-15H2,1-4H3/t16-,18+,19+,21+,23+,25-,26+,27+,28?/m1/s1. The van der Waals surface area contributed by atoms with E-state index in [1.807, 2.05) is 20.8 Å². The highest BCUT2D eigenvalue weighted by Gasteiger charge is 2.73. The number of fused-ring (bicyclic) bond motifs is 5. The highest BCUT2D eigenvalue weighted by molar-refractivity contribution is 6.01. The molecule has 7 heteroatoms. The molecule has 3 fully saturated rings. The lowest BCUT2D eigenvalue weighted by Crippen LogP contribution is -2.68. The molecular formula is C28H38F2O5. The summed E-state index contributed by atoms with van der Waals surface area (Å²) in [4.78, 5) is 37.3. The number of aliphatic hydroxyl groups is 1. The summed E-state index contributed by atoms with van der Waals surface area (Å²) < 4.78 is 37.8. The number of ketones is 2. The number of ether oxygens (including phenoxy) is 1. The molecule has 0 heterocycles. The van der Waals surface area contributed by atoms with E-state index in [0.29, 0.717) is 6.42 Å². The first kappa shape index (κ1) is 26.2. The maximum absolute atomic E-state index is 17.1. The third kappa shape index (κ3) is 3.93. The summed E-state index contributed by atoms with van der Waals surface area (Å²) in [6.07, 6.45) is 4.29. The van der Waals surface area contributed by atoms with Gasteiger partial charge in [-0.25, -0.2) is 8.78 Å². The van der Waals surface area contributed by atoms with E-state index < -0.39 is 46.6 Å². The maximum Gasteiger partial charge on any atom is 0.306 e. The van der Waals surface area contributed by atoms with Crippen LogP contribution in [0.4, 0.5) is 8.78 Å². The molecule has 9 atom stereocenters. The van der Waals surface area contributed by atoms with E-state index in [-0.39, 0.29) is 54.8 Å². The topological polar surface area (TPSA) is 80.7 Å².